The average molecular weight is 304 g/mol. The maximum Gasteiger partial charge on any atom is 0.317 e. The Labute approximate surface area is 113 Å². The predicted molar refractivity (Wildman–Crippen MR) is 59.3 cm³/mol. The van der Waals surface area contributed by atoms with Gasteiger partial charge >= 0.3 is 5.97 Å². The van der Waals surface area contributed by atoms with E-state index in [1.165, 1.54) is 6.92 Å². The molecule has 0 heterocycles. The van der Waals surface area contributed by atoms with Gasteiger partial charge in [-0.05, 0) is 19.8 Å². The Morgan fingerprint density at radius 2 is 1.75 bits per heavy atom. The number of halogens is 5. The third kappa shape index (κ3) is 2.38. The van der Waals surface area contributed by atoms with Crippen LogP contribution < -0.4 is 0 Å². The van der Waals surface area contributed by atoms with Gasteiger partial charge in [-0.2, -0.15) is 0 Å². The predicted octanol–water partition coefficient (Wildman–Crippen LogP) is 3.18. The third-order valence-electron chi connectivity index (χ3n) is 3.82. The summed E-state index contributed by atoms with van der Waals surface area (Å²) in [7, 11) is 1.16. The van der Waals surface area contributed by atoms with Crippen molar-refractivity contribution >= 4 is 5.97 Å². The highest BCUT2D eigenvalue weighted by Gasteiger charge is 2.76. The van der Waals surface area contributed by atoms with Crippen LogP contribution in [0.1, 0.15) is 26.7 Å². The SMILES string of the molecule is CCC1CC(C(=O)OCOC)C(F)(F)C(C)(F)C1(F)F. The highest BCUT2D eigenvalue weighted by Crippen LogP contribution is 2.58. The van der Waals surface area contributed by atoms with E-state index in [0.29, 0.717) is 0 Å². The van der Waals surface area contributed by atoms with Crippen molar-refractivity contribution in [1.29, 1.82) is 0 Å². The number of esters is 1. The van der Waals surface area contributed by atoms with Crippen molar-refractivity contribution < 1.29 is 36.2 Å². The van der Waals surface area contributed by atoms with Gasteiger partial charge in [-0.3, -0.25) is 4.79 Å². The molecule has 3 nitrogen and oxygen atoms in total. The molecule has 0 aromatic carbocycles. The Kier molecular flexibility index (Phi) is 4.68. The molecule has 0 radical (unpaired) electrons. The lowest BCUT2D eigenvalue weighted by Crippen LogP contribution is -2.66. The van der Waals surface area contributed by atoms with E-state index in [1.54, 1.807) is 0 Å². The fraction of sp³-hybridized carbons (Fsp3) is 0.917. The van der Waals surface area contributed by atoms with Gasteiger partial charge in [0.2, 0.25) is 5.67 Å². The summed E-state index contributed by atoms with van der Waals surface area (Å²) in [5, 5.41) is 0. The Bertz CT molecular complexity index is 370. The highest BCUT2D eigenvalue weighted by atomic mass is 19.3. The molecule has 0 aliphatic heterocycles. The van der Waals surface area contributed by atoms with Crippen LogP contribution in [0.25, 0.3) is 0 Å². The van der Waals surface area contributed by atoms with E-state index >= 15 is 0 Å². The average Bonchev–Trinajstić information content (AvgIpc) is 2.34. The molecule has 1 saturated carbocycles. The lowest BCUT2D eigenvalue weighted by molar-refractivity contribution is -0.305. The molecule has 118 valence electrons. The summed E-state index contributed by atoms with van der Waals surface area (Å²) in [5.41, 5.74) is -4.12. The van der Waals surface area contributed by atoms with Crippen LogP contribution in [-0.2, 0) is 14.3 Å². The Hall–Kier alpha value is -0.920. The van der Waals surface area contributed by atoms with Crippen molar-refractivity contribution in [2.45, 2.75) is 44.2 Å². The minimum Gasteiger partial charge on any atom is -0.438 e. The summed E-state index contributed by atoms with van der Waals surface area (Å²) in [6.07, 6.45) is -1.06. The van der Waals surface area contributed by atoms with Crippen LogP contribution in [0.3, 0.4) is 0 Å². The highest BCUT2D eigenvalue weighted by molar-refractivity contribution is 5.74. The van der Waals surface area contributed by atoms with E-state index < -0.39 is 48.5 Å². The van der Waals surface area contributed by atoms with Gasteiger partial charge in [-0.25, -0.2) is 22.0 Å². The smallest absolute Gasteiger partial charge is 0.317 e. The van der Waals surface area contributed by atoms with Crippen molar-refractivity contribution in [2.75, 3.05) is 13.9 Å². The zero-order valence-corrected chi connectivity index (χ0v) is 11.4. The minimum atomic E-state index is -4.52. The normalized spacial score (nSPS) is 35.6. The quantitative estimate of drug-likeness (QED) is 0.454. The van der Waals surface area contributed by atoms with Gasteiger partial charge in [0.05, 0.1) is 0 Å². The minimum absolute atomic E-state index is 0.130. The number of carbonyl (C=O) groups excluding carboxylic acids is 1. The zero-order valence-electron chi connectivity index (χ0n) is 11.4. The lowest BCUT2D eigenvalue weighted by Gasteiger charge is -2.47. The van der Waals surface area contributed by atoms with E-state index in [2.05, 4.69) is 9.47 Å². The van der Waals surface area contributed by atoms with E-state index in [4.69, 9.17) is 0 Å². The molecule has 1 rings (SSSR count). The van der Waals surface area contributed by atoms with Gasteiger partial charge in [0.1, 0.15) is 5.92 Å². The Balaban J connectivity index is 3.12. The Morgan fingerprint density at radius 3 is 2.20 bits per heavy atom. The van der Waals surface area contributed by atoms with Crippen molar-refractivity contribution in [2.24, 2.45) is 11.8 Å². The maximum absolute atomic E-state index is 14.1. The van der Waals surface area contributed by atoms with E-state index in [1.807, 2.05) is 0 Å². The topological polar surface area (TPSA) is 35.5 Å². The molecule has 0 aromatic rings. The second-order valence-electron chi connectivity index (χ2n) is 5.01. The molecule has 8 heteroatoms. The number of carbonyl (C=O) groups is 1. The molecule has 3 unspecified atom stereocenters. The molecular weight excluding hydrogens is 287 g/mol. The van der Waals surface area contributed by atoms with Gasteiger partial charge in [0.15, 0.2) is 6.79 Å². The van der Waals surface area contributed by atoms with Crippen LogP contribution in [0.5, 0.6) is 0 Å². The van der Waals surface area contributed by atoms with Crippen LogP contribution in [0.15, 0.2) is 0 Å². The van der Waals surface area contributed by atoms with Gasteiger partial charge in [0, 0.05) is 13.0 Å². The van der Waals surface area contributed by atoms with Gasteiger partial charge in [-0.15, -0.1) is 0 Å². The molecule has 0 saturated heterocycles. The molecule has 1 aliphatic rings. The molecule has 0 N–H and O–H groups in total. The first-order chi connectivity index (χ1) is 9.04. The number of ether oxygens (including phenoxy) is 2. The number of methoxy groups -OCH3 is 1. The van der Waals surface area contributed by atoms with Crippen molar-refractivity contribution in [1.82, 2.24) is 0 Å². The maximum atomic E-state index is 14.1. The largest absolute Gasteiger partial charge is 0.438 e. The van der Waals surface area contributed by atoms with Gasteiger partial charge < -0.3 is 9.47 Å². The molecule has 0 bridgehead atoms. The molecule has 0 aromatic heterocycles. The summed E-state index contributed by atoms with van der Waals surface area (Å²) in [4.78, 5) is 11.5. The first-order valence-electron chi connectivity index (χ1n) is 6.14. The van der Waals surface area contributed by atoms with E-state index in [9.17, 15) is 26.7 Å². The lowest BCUT2D eigenvalue weighted by atomic mass is 9.67. The third-order valence-corrected chi connectivity index (χ3v) is 3.82. The number of hydrogen-bond donors (Lipinski definition) is 0. The van der Waals surface area contributed by atoms with Crippen LogP contribution in [0, 0.1) is 11.8 Å². The summed E-state index contributed by atoms with van der Waals surface area (Å²) in [6, 6.07) is 0. The number of alkyl halides is 5. The van der Waals surface area contributed by atoms with Crippen LogP contribution in [0.2, 0.25) is 0 Å². The number of hydrogen-bond acceptors (Lipinski definition) is 3. The summed E-state index contributed by atoms with van der Waals surface area (Å²) < 4.78 is 78.3. The zero-order chi connectivity index (χ0) is 15.8. The molecule has 0 spiro atoms. The first-order valence-corrected chi connectivity index (χ1v) is 6.14. The van der Waals surface area contributed by atoms with Crippen LogP contribution >= 0.6 is 0 Å². The van der Waals surface area contributed by atoms with E-state index in [0.717, 1.165) is 7.11 Å². The summed E-state index contributed by atoms with van der Waals surface area (Å²) in [6.45, 7) is 0.864. The molecule has 1 fully saturated rings. The standard InChI is InChI=1S/C12H17F5O3/c1-4-7-5-8(9(18)20-6-19-3)12(16,17)10(2,13)11(7,14)15/h7-8H,4-6H2,1-3H3. The summed E-state index contributed by atoms with van der Waals surface area (Å²) in [5.74, 6) is -14.1. The first kappa shape index (κ1) is 17.1. The van der Waals surface area contributed by atoms with Gasteiger partial charge in [0.25, 0.3) is 11.8 Å². The molecule has 0 amide bonds. The van der Waals surface area contributed by atoms with Crippen LogP contribution in [-0.4, -0.2) is 37.4 Å². The Morgan fingerprint density at radius 1 is 1.20 bits per heavy atom. The molecule has 20 heavy (non-hydrogen) atoms. The van der Waals surface area contributed by atoms with Crippen molar-refractivity contribution in [3.63, 3.8) is 0 Å². The van der Waals surface area contributed by atoms with Gasteiger partial charge in [-0.1, -0.05) is 6.92 Å². The van der Waals surface area contributed by atoms with Crippen molar-refractivity contribution in [3.8, 4) is 0 Å². The molecular formula is C12H17F5O3. The molecule has 3 atom stereocenters. The fourth-order valence-corrected chi connectivity index (χ4v) is 2.40. The second kappa shape index (κ2) is 5.46. The molecule has 1 aliphatic carbocycles. The monoisotopic (exact) mass is 304 g/mol. The second-order valence-corrected chi connectivity index (χ2v) is 5.01. The fourth-order valence-electron chi connectivity index (χ4n) is 2.40. The number of rotatable bonds is 4. The van der Waals surface area contributed by atoms with Crippen LogP contribution in [0.4, 0.5) is 22.0 Å². The van der Waals surface area contributed by atoms with Crippen molar-refractivity contribution in [3.05, 3.63) is 0 Å². The van der Waals surface area contributed by atoms with E-state index in [-0.39, 0.29) is 13.3 Å². The summed E-state index contributed by atoms with van der Waals surface area (Å²) >= 11 is 0.